The average Bonchev–Trinajstić information content (AvgIpc) is 2.77. The van der Waals surface area contributed by atoms with Crippen LogP contribution in [0.15, 0.2) is 10.3 Å². The molecule has 0 aromatic carbocycles. The Bertz CT molecular complexity index is 570. The maximum Gasteiger partial charge on any atom is 0.244 e. The fourth-order valence-corrected chi connectivity index (χ4v) is 5.84. The lowest BCUT2D eigenvalue weighted by molar-refractivity contribution is 0.105. The Morgan fingerprint density at radius 3 is 2.40 bits per heavy atom. The molecule has 1 fully saturated rings. The van der Waals surface area contributed by atoms with Crippen LogP contribution in [0.25, 0.3) is 0 Å². The zero-order valence-corrected chi connectivity index (χ0v) is 14.0. The van der Waals surface area contributed by atoms with Gasteiger partial charge in [0.15, 0.2) is 0 Å². The highest BCUT2D eigenvalue weighted by Crippen LogP contribution is 2.31. The van der Waals surface area contributed by atoms with Gasteiger partial charge in [-0.05, 0) is 38.8 Å². The molecule has 7 heteroatoms. The molecule has 0 saturated carbocycles. The van der Waals surface area contributed by atoms with Gasteiger partial charge < -0.3 is 5.11 Å². The van der Waals surface area contributed by atoms with Gasteiger partial charge in [-0.25, -0.2) is 8.42 Å². The van der Waals surface area contributed by atoms with E-state index in [9.17, 15) is 13.5 Å². The fourth-order valence-electron chi connectivity index (χ4n) is 2.62. The van der Waals surface area contributed by atoms with Gasteiger partial charge >= 0.3 is 0 Å². The predicted octanol–water partition coefficient (Wildman–Crippen LogP) is 1.26. The van der Waals surface area contributed by atoms with Gasteiger partial charge in [-0.15, -0.1) is 11.3 Å². The Morgan fingerprint density at radius 2 is 1.90 bits per heavy atom. The monoisotopic (exact) mass is 318 g/mol. The zero-order chi connectivity index (χ0) is 15.1. The summed E-state index contributed by atoms with van der Waals surface area (Å²) in [6.45, 7) is 6.60. The molecule has 1 aromatic rings. The molecule has 2 atom stereocenters. The average molecular weight is 318 g/mol. The molecule has 5 nitrogen and oxygen atoms in total. The second-order valence-electron chi connectivity index (χ2n) is 5.51. The highest BCUT2D eigenvalue weighted by atomic mass is 32.2. The van der Waals surface area contributed by atoms with Crippen molar-refractivity contribution in [2.75, 3.05) is 20.1 Å². The van der Waals surface area contributed by atoms with Crippen molar-refractivity contribution >= 4 is 21.4 Å². The number of aliphatic hydroxyl groups excluding tert-OH is 1. The van der Waals surface area contributed by atoms with E-state index in [0.717, 1.165) is 5.56 Å². The van der Waals surface area contributed by atoms with Gasteiger partial charge in [-0.2, -0.15) is 4.31 Å². The van der Waals surface area contributed by atoms with Crippen molar-refractivity contribution in [1.29, 1.82) is 0 Å². The van der Waals surface area contributed by atoms with Gasteiger partial charge in [-0.3, -0.25) is 4.90 Å². The van der Waals surface area contributed by atoms with E-state index in [4.69, 9.17) is 0 Å². The summed E-state index contributed by atoms with van der Waals surface area (Å²) in [5, 5.41) is 11.2. The number of aliphatic hydroxyl groups is 1. The normalized spacial score (nSPS) is 26.1. The molecule has 0 bridgehead atoms. The van der Waals surface area contributed by atoms with Crippen molar-refractivity contribution in [1.82, 2.24) is 9.21 Å². The lowest BCUT2D eigenvalue weighted by atomic mass is 10.1. The number of nitrogens with zero attached hydrogens (tertiary/aromatic N) is 2. The Morgan fingerprint density at radius 1 is 1.35 bits per heavy atom. The summed E-state index contributed by atoms with van der Waals surface area (Å²) < 4.78 is 27.3. The van der Waals surface area contributed by atoms with Crippen LogP contribution in [-0.4, -0.2) is 55.0 Å². The number of sulfonamides is 1. The standard InChI is InChI=1S/C13H22N2O3S2/c1-9-8-19-12(7-16)13(9)20(17,18)15-5-10(2)14(4)11(3)6-15/h8,10-11,16H,5-7H2,1-4H3. The smallest absolute Gasteiger partial charge is 0.244 e. The summed E-state index contributed by atoms with van der Waals surface area (Å²) in [6, 6.07) is 0.370. The Labute approximate surface area is 124 Å². The van der Waals surface area contributed by atoms with Crippen LogP contribution in [0.4, 0.5) is 0 Å². The molecule has 1 aliphatic rings. The Kier molecular flexibility index (Phi) is 4.56. The summed E-state index contributed by atoms with van der Waals surface area (Å²) in [7, 11) is -1.50. The van der Waals surface area contributed by atoms with Crippen LogP contribution in [0.2, 0.25) is 0 Å². The molecule has 114 valence electrons. The topological polar surface area (TPSA) is 60.9 Å². The van der Waals surface area contributed by atoms with Gasteiger partial charge in [0.05, 0.1) is 11.5 Å². The van der Waals surface area contributed by atoms with Gasteiger partial charge in [0.25, 0.3) is 0 Å². The van der Waals surface area contributed by atoms with Crippen molar-refractivity contribution < 1.29 is 13.5 Å². The first-order chi connectivity index (χ1) is 9.28. The molecule has 2 unspecified atom stereocenters. The molecule has 2 rings (SSSR count). The molecule has 1 saturated heterocycles. The quantitative estimate of drug-likeness (QED) is 0.911. The van der Waals surface area contributed by atoms with Gasteiger partial charge in [0.1, 0.15) is 4.90 Å². The van der Waals surface area contributed by atoms with Crippen molar-refractivity contribution in [3.8, 4) is 0 Å². The van der Waals surface area contributed by atoms with Crippen LogP contribution in [-0.2, 0) is 16.6 Å². The molecular formula is C13H22N2O3S2. The molecular weight excluding hydrogens is 296 g/mol. The lowest BCUT2D eigenvalue weighted by Gasteiger charge is -2.41. The van der Waals surface area contributed by atoms with Crippen molar-refractivity contribution in [2.45, 2.75) is 44.4 Å². The third-order valence-corrected chi connectivity index (χ3v) is 7.34. The zero-order valence-electron chi connectivity index (χ0n) is 12.3. The van der Waals surface area contributed by atoms with Gasteiger partial charge in [0, 0.05) is 25.2 Å². The van der Waals surface area contributed by atoms with Crippen LogP contribution < -0.4 is 0 Å². The molecule has 1 N–H and O–H groups in total. The Balaban J connectivity index is 2.38. The van der Waals surface area contributed by atoms with Crippen LogP contribution in [0.1, 0.15) is 24.3 Å². The SMILES string of the molecule is Cc1csc(CO)c1S(=O)(=O)N1CC(C)N(C)C(C)C1. The van der Waals surface area contributed by atoms with Gasteiger partial charge in [-0.1, -0.05) is 0 Å². The number of hydrogen-bond donors (Lipinski definition) is 1. The summed E-state index contributed by atoms with van der Waals surface area (Å²) in [6.07, 6.45) is 0. The van der Waals surface area contributed by atoms with E-state index in [0.29, 0.717) is 22.9 Å². The number of likely N-dealkylation sites (N-methyl/N-ethyl adjacent to an activating group) is 1. The molecule has 20 heavy (non-hydrogen) atoms. The maximum absolute atomic E-state index is 12.8. The van der Waals surface area contributed by atoms with Crippen LogP contribution >= 0.6 is 11.3 Å². The molecule has 0 amide bonds. The molecule has 0 radical (unpaired) electrons. The second-order valence-corrected chi connectivity index (χ2v) is 8.35. The van der Waals surface area contributed by atoms with E-state index in [2.05, 4.69) is 4.90 Å². The minimum Gasteiger partial charge on any atom is -0.391 e. The van der Waals surface area contributed by atoms with Crippen LogP contribution in [0.5, 0.6) is 0 Å². The van der Waals surface area contributed by atoms with Crippen molar-refractivity contribution in [3.05, 3.63) is 15.8 Å². The molecule has 0 spiro atoms. The van der Waals surface area contributed by atoms with Crippen molar-refractivity contribution in [2.24, 2.45) is 0 Å². The van der Waals surface area contributed by atoms with Crippen molar-refractivity contribution in [3.63, 3.8) is 0 Å². The summed E-state index contributed by atoms with van der Waals surface area (Å²) in [5.41, 5.74) is 0.721. The highest BCUT2D eigenvalue weighted by molar-refractivity contribution is 7.89. The number of aryl methyl sites for hydroxylation is 1. The fraction of sp³-hybridized carbons (Fsp3) is 0.692. The molecule has 1 aliphatic heterocycles. The Hall–Kier alpha value is -0.470. The van der Waals surface area contributed by atoms with Crippen LogP contribution in [0, 0.1) is 6.92 Å². The largest absolute Gasteiger partial charge is 0.391 e. The van der Waals surface area contributed by atoms with E-state index in [-0.39, 0.29) is 18.7 Å². The van der Waals surface area contributed by atoms with E-state index in [1.54, 1.807) is 16.6 Å². The van der Waals surface area contributed by atoms with E-state index in [1.807, 2.05) is 20.9 Å². The lowest BCUT2D eigenvalue weighted by Crippen LogP contribution is -2.56. The van der Waals surface area contributed by atoms with E-state index >= 15 is 0 Å². The number of piperazine rings is 1. The first-order valence-corrected chi connectivity index (χ1v) is 9.01. The van der Waals surface area contributed by atoms with Crippen LogP contribution in [0.3, 0.4) is 0 Å². The molecule has 0 aliphatic carbocycles. The molecule has 1 aromatic heterocycles. The number of hydrogen-bond acceptors (Lipinski definition) is 5. The first-order valence-electron chi connectivity index (χ1n) is 6.69. The minimum atomic E-state index is -3.52. The number of rotatable bonds is 3. The summed E-state index contributed by atoms with van der Waals surface area (Å²) in [4.78, 5) is 3.02. The molecule has 2 heterocycles. The number of thiophene rings is 1. The minimum absolute atomic E-state index is 0.185. The summed E-state index contributed by atoms with van der Waals surface area (Å²) in [5.74, 6) is 0. The van der Waals surface area contributed by atoms with Gasteiger partial charge in [0.2, 0.25) is 10.0 Å². The second kappa shape index (κ2) is 5.73. The maximum atomic E-state index is 12.8. The third-order valence-electron chi connectivity index (χ3n) is 4.06. The predicted molar refractivity (Wildman–Crippen MR) is 80.4 cm³/mol. The summed E-state index contributed by atoms with van der Waals surface area (Å²) >= 11 is 1.30. The highest BCUT2D eigenvalue weighted by Gasteiger charge is 2.36. The van der Waals surface area contributed by atoms with E-state index in [1.165, 1.54) is 11.3 Å². The first kappa shape index (κ1) is 15.9. The van der Waals surface area contributed by atoms with E-state index < -0.39 is 10.0 Å². The third kappa shape index (κ3) is 2.65.